The Balaban J connectivity index is 2.07. The summed E-state index contributed by atoms with van der Waals surface area (Å²) < 4.78 is 2.04. The summed E-state index contributed by atoms with van der Waals surface area (Å²) >= 11 is 1.50. The molecule has 2 aromatic rings. The third-order valence-electron chi connectivity index (χ3n) is 2.66. The lowest BCUT2D eigenvalue weighted by Gasteiger charge is -2.08. The number of rotatable bonds is 6. The number of benzene rings is 1. The van der Waals surface area contributed by atoms with Crippen LogP contribution in [-0.2, 0) is 11.3 Å². The molecular weight excluding hydrogens is 260 g/mol. The molecule has 0 saturated heterocycles. The van der Waals surface area contributed by atoms with Gasteiger partial charge in [0.25, 0.3) is 0 Å². The number of hydrogen-bond acceptors (Lipinski definition) is 4. The summed E-state index contributed by atoms with van der Waals surface area (Å²) in [6.45, 7) is 2.66. The fourth-order valence-corrected chi connectivity index (χ4v) is 2.60. The lowest BCUT2D eigenvalue weighted by atomic mass is 10.2. The first kappa shape index (κ1) is 13.6. The summed E-state index contributed by atoms with van der Waals surface area (Å²) in [6, 6.07) is 10.1. The highest BCUT2D eigenvalue weighted by Gasteiger charge is 2.10. The third kappa shape index (κ3) is 3.82. The van der Waals surface area contributed by atoms with Crippen LogP contribution in [0.25, 0.3) is 0 Å². The first-order valence-electron chi connectivity index (χ1n) is 6.01. The lowest BCUT2D eigenvalue weighted by Crippen LogP contribution is -2.11. The fourth-order valence-electron chi connectivity index (χ4n) is 1.66. The van der Waals surface area contributed by atoms with Gasteiger partial charge < -0.3 is 10.3 Å². The van der Waals surface area contributed by atoms with Gasteiger partial charge in [0.15, 0.2) is 5.16 Å². The van der Waals surface area contributed by atoms with E-state index in [1.54, 1.807) is 0 Å². The first-order chi connectivity index (χ1) is 9.16. The number of aryl methyl sites for hydroxylation is 1. The lowest BCUT2D eigenvalue weighted by molar-refractivity contribution is -0.117. The predicted molar refractivity (Wildman–Crippen MR) is 74.8 cm³/mol. The number of primary amides is 1. The molecule has 5 nitrogen and oxygen atoms in total. The minimum atomic E-state index is -0.293. The second-order valence-corrected chi connectivity index (χ2v) is 5.23. The molecule has 0 atom stereocenters. The average molecular weight is 276 g/mol. The molecule has 0 bridgehead atoms. The molecular formula is C13H16N4OS. The van der Waals surface area contributed by atoms with Crippen molar-refractivity contribution in [1.82, 2.24) is 14.8 Å². The Bertz CT molecular complexity index is 553. The molecule has 0 aliphatic heterocycles. The molecule has 1 amide bonds. The summed E-state index contributed by atoms with van der Waals surface area (Å²) in [7, 11) is 0. The highest BCUT2D eigenvalue weighted by molar-refractivity contribution is 7.99. The Kier molecular flexibility index (Phi) is 4.57. The number of carbonyl (C=O) groups is 1. The van der Waals surface area contributed by atoms with E-state index in [1.807, 2.05) is 29.7 Å². The second kappa shape index (κ2) is 6.38. The van der Waals surface area contributed by atoms with Gasteiger partial charge in [-0.05, 0) is 12.5 Å². The average Bonchev–Trinajstić information content (AvgIpc) is 2.72. The molecule has 0 aliphatic carbocycles. The van der Waals surface area contributed by atoms with Crippen LogP contribution in [0.2, 0.25) is 0 Å². The molecule has 2 N–H and O–H groups in total. The maximum absolute atomic E-state index is 10.7. The summed E-state index contributed by atoms with van der Waals surface area (Å²) in [5.41, 5.74) is 6.32. The molecule has 0 saturated carbocycles. The van der Waals surface area contributed by atoms with Gasteiger partial charge in [-0.25, -0.2) is 0 Å². The fraction of sp³-hybridized carbons (Fsp3) is 0.308. The zero-order chi connectivity index (χ0) is 13.7. The van der Waals surface area contributed by atoms with Gasteiger partial charge in [-0.3, -0.25) is 4.79 Å². The summed E-state index contributed by atoms with van der Waals surface area (Å²) in [4.78, 5) is 10.7. The predicted octanol–water partition coefficient (Wildman–Crippen LogP) is 1.60. The van der Waals surface area contributed by atoms with E-state index in [-0.39, 0.29) is 5.91 Å². The molecule has 0 radical (unpaired) electrons. The zero-order valence-corrected chi connectivity index (χ0v) is 11.6. The molecule has 0 fully saturated rings. The van der Waals surface area contributed by atoms with Gasteiger partial charge in [-0.2, -0.15) is 0 Å². The molecule has 0 spiro atoms. The molecule has 1 aromatic heterocycles. The number of hydrogen-bond donors (Lipinski definition) is 1. The van der Waals surface area contributed by atoms with Crippen LogP contribution in [0.15, 0.2) is 35.5 Å². The van der Waals surface area contributed by atoms with E-state index in [1.165, 1.54) is 17.3 Å². The van der Waals surface area contributed by atoms with E-state index in [4.69, 9.17) is 5.73 Å². The van der Waals surface area contributed by atoms with Gasteiger partial charge >= 0.3 is 0 Å². The highest BCUT2D eigenvalue weighted by atomic mass is 32.2. The first-order valence-corrected chi connectivity index (χ1v) is 7.00. The van der Waals surface area contributed by atoms with Crippen molar-refractivity contribution in [3.8, 4) is 0 Å². The Morgan fingerprint density at radius 1 is 1.32 bits per heavy atom. The number of carbonyl (C=O) groups excluding carboxylic acids is 1. The van der Waals surface area contributed by atoms with Crippen LogP contribution in [0, 0.1) is 6.92 Å². The van der Waals surface area contributed by atoms with Crippen LogP contribution in [0.5, 0.6) is 0 Å². The van der Waals surface area contributed by atoms with Crippen molar-refractivity contribution in [3.05, 3.63) is 41.7 Å². The van der Waals surface area contributed by atoms with Crippen LogP contribution >= 0.6 is 11.8 Å². The minimum absolute atomic E-state index is 0.293. The Hall–Kier alpha value is -1.82. The van der Waals surface area contributed by atoms with Crippen LogP contribution < -0.4 is 5.73 Å². The largest absolute Gasteiger partial charge is 0.370 e. The second-order valence-electron chi connectivity index (χ2n) is 4.17. The van der Waals surface area contributed by atoms with E-state index in [0.29, 0.717) is 12.2 Å². The summed E-state index contributed by atoms with van der Waals surface area (Å²) in [5, 5.41) is 9.04. The van der Waals surface area contributed by atoms with Crippen molar-refractivity contribution in [1.29, 1.82) is 0 Å². The maximum Gasteiger partial charge on any atom is 0.218 e. The van der Waals surface area contributed by atoms with E-state index in [9.17, 15) is 4.79 Å². The third-order valence-corrected chi connectivity index (χ3v) is 3.63. The summed E-state index contributed by atoms with van der Waals surface area (Å²) in [6.07, 6.45) is 0.349. The van der Waals surface area contributed by atoms with E-state index >= 15 is 0 Å². The van der Waals surface area contributed by atoms with Crippen molar-refractivity contribution in [3.63, 3.8) is 0 Å². The molecule has 0 unspecified atom stereocenters. The van der Waals surface area contributed by atoms with Gasteiger partial charge in [-0.15, -0.1) is 10.2 Å². The van der Waals surface area contributed by atoms with Crippen molar-refractivity contribution in [2.45, 2.75) is 25.0 Å². The summed E-state index contributed by atoms with van der Waals surface area (Å²) in [5.74, 6) is 1.20. The zero-order valence-electron chi connectivity index (χ0n) is 10.7. The molecule has 6 heteroatoms. The van der Waals surface area contributed by atoms with E-state index in [0.717, 1.165) is 17.5 Å². The van der Waals surface area contributed by atoms with Gasteiger partial charge in [-0.1, -0.05) is 42.1 Å². The van der Waals surface area contributed by atoms with Crippen molar-refractivity contribution in [2.75, 3.05) is 5.75 Å². The van der Waals surface area contributed by atoms with Gasteiger partial charge in [0.05, 0.1) is 6.54 Å². The topological polar surface area (TPSA) is 73.8 Å². The number of amides is 1. The van der Waals surface area contributed by atoms with Crippen molar-refractivity contribution in [2.24, 2.45) is 5.73 Å². The normalized spacial score (nSPS) is 10.6. The molecule has 100 valence electrons. The SMILES string of the molecule is Cc1nnc(SCCC(N)=O)n1Cc1ccccc1. The van der Waals surface area contributed by atoms with Crippen LogP contribution in [-0.4, -0.2) is 26.4 Å². The number of aromatic nitrogens is 3. The van der Waals surface area contributed by atoms with Gasteiger partial charge in [0, 0.05) is 12.2 Å². The quantitative estimate of drug-likeness (QED) is 0.813. The molecule has 1 heterocycles. The maximum atomic E-state index is 10.7. The highest BCUT2D eigenvalue weighted by Crippen LogP contribution is 2.19. The van der Waals surface area contributed by atoms with Gasteiger partial charge in [0.1, 0.15) is 5.82 Å². The van der Waals surface area contributed by atoms with E-state index in [2.05, 4.69) is 22.3 Å². The Labute approximate surface area is 116 Å². The Morgan fingerprint density at radius 3 is 2.74 bits per heavy atom. The number of nitrogens with two attached hydrogens (primary N) is 1. The molecule has 0 aliphatic rings. The standard InChI is InChI=1S/C13H16N4OS/c1-10-15-16-13(19-8-7-12(14)18)17(10)9-11-5-3-2-4-6-11/h2-6H,7-9H2,1H3,(H2,14,18). The van der Waals surface area contributed by atoms with Crippen LogP contribution in [0.3, 0.4) is 0 Å². The number of nitrogens with zero attached hydrogens (tertiary/aromatic N) is 3. The molecule has 1 aromatic carbocycles. The van der Waals surface area contributed by atoms with Gasteiger partial charge in [0.2, 0.25) is 5.91 Å². The molecule has 2 rings (SSSR count). The smallest absolute Gasteiger partial charge is 0.218 e. The Morgan fingerprint density at radius 2 is 2.05 bits per heavy atom. The number of thioether (sulfide) groups is 1. The van der Waals surface area contributed by atoms with E-state index < -0.39 is 0 Å². The van der Waals surface area contributed by atoms with Crippen LogP contribution in [0.4, 0.5) is 0 Å². The minimum Gasteiger partial charge on any atom is -0.370 e. The van der Waals surface area contributed by atoms with Crippen molar-refractivity contribution < 1.29 is 4.79 Å². The molecule has 19 heavy (non-hydrogen) atoms. The van der Waals surface area contributed by atoms with Crippen LogP contribution in [0.1, 0.15) is 17.8 Å². The van der Waals surface area contributed by atoms with Crippen molar-refractivity contribution >= 4 is 17.7 Å². The monoisotopic (exact) mass is 276 g/mol.